The number of hydrogen-bond acceptors (Lipinski definition) is 10. The van der Waals surface area contributed by atoms with Crippen LogP contribution >= 0.6 is 11.9 Å². The number of rotatable bonds is 12. The number of aliphatic hydroxyl groups is 1. The highest BCUT2D eigenvalue weighted by atomic mass is 32.2. The third kappa shape index (κ3) is 6.85. The molecule has 0 aliphatic heterocycles. The topological polar surface area (TPSA) is 124 Å². The van der Waals surface area contributed by atoms with Crippen LogP contribution in [-0.2, 0) is 0 Å². The van der Waals surface area contributed by atoms with Gasteiger partial charge in [-0.2, -0.15) is 5.10 Å². The summed E-state index contributed by atoms with van der Waals surface area (Å²) in [5.74, 6) is 1.25. The van der Waals surface area contributed by atoms with E-state index in [1.54, 1.807) is 30.5 Å². The van der Waals surface area contributed by atoms with Crippen molar-refractivity contribution in [2.24, 2.45) is 0 Å². The van der Waals surface area contributed by atoms with Crippen molar-refractivity contribution in [3.05, 3.63) is 48.0 Å². The molecule has 4 rings (SSSR count). The molecule has 0 aliphatic carbocycles. The molecule has 3 heterocycles. The lowest BCUT2D eigenvalue weighted by Crippen LogP contribution is -2.28. The fourth-order valence-electron chi connectivity index (χ4n) is 3.61. The Morgan fingerprint density at radius 2 is 2.03 bits per heavy atom. The third-order valence-electron chi connectivity index (χ3n) is 5.43. The van der Waals surface area contributed by atoms with Crippen molar-refractivity contribution >= 4 is 34.5 Å². The van der Waals surface area contributed by atoms with Crippen LogP contribution in [0.25, 0.3) is 22.4 Å². The number of aromatic amines is 1. The minimum Gasteiger partial charge on any atom is -0.491 e. The van der Waals surface area contributed by atoms with Gasteiger partial charge in [-0.1, -0.05) is 0 Å². The van der Waals surface area contributed by atoms with E-state index in [4.69, 9.17) is 9.84 Å². The molecule has 0 spiro atoms. The fraction of sp³-hybridized carbons (Fsp3) is 0.360. The molecule has 0 unspecified atom stereocenters. The molecular weight excluding hydrogens is 495 g/mol. The summed E-state index contributed by atoms with van der Waals surface area (Å²) < 4.78 is 23.7. The molecule has 12 heteroatoms. The minimum atomic E-state index is -0.443. The average molecular weight is 527 g/mol. The molecule has 0 saturated heterocycles. The number of H-pyrrole nitrogens is 1. The first-order valence-corrected chi connectivity index (χ1v) is 12.8. The summed E-state index contributed by atoms with van der Waals surface area (Å²) in [4.78, 5) is 15.5. The van der Waals surface area contributed by atoms with Crippen LogP contribution in [0.3, 0.4) is 0 Å². The van der Waals surface area contributed by atoms with E-state index in [1.807, 2.05) is 32.7 Å². The van der Waals surface area contributed by atoms with E-state index < -0.39 is 5.82 Å². The van der Waals surface area contributed by atoms with Crippen LogP contribution in [0.4, 0.5) is 15.9 Å². The Morgan fingerprint density at radius 1 is 1.19 bits per heavy atom. The zero-order valence-electron chi connectivity index (χ0n) is 21.2. The highest BCUT2D eigenvalue weighted by Crippen LogP contribution is 2.30. The average Bonchev–Trinajstić information content (AvgIpc) is 3.24. The van der Waals surface area contributed by atoms with Crippen LogP contribution in [0.15, 0.2) is 41.6 Å². The molecule has 0 amide bonds. The Kier molecular flexibility index (Phi) is 8.74. The first-order chi connectivity index (χ1) is 17.8. The molecule has 3 aromatic heterocycles. The van der Waals surface area contributed by atoms with Crippen molar-refractivity contribution < 1.29 is 14.2 Å². The van der Waals surface area contributed by atoms with Gasteiger partial charge in [0.05, 0.1) is 23.8 Å². The maximum absolute atomic E-state index is 15.0. The number of aromatic nitrogens is 5. The Labute approximate surface area is 219 Å². The van der Waals surface area contributed by atoms with Crippen molar-refractivity contribution in [2.45, 2.75) is 31.9 Å². The molecule has 0 fully saturated rings. The molecular formula is C25H31FN8O2S. The lowest BCUT2D eigenvalue weighted by atomic mass is 10.1. The number of aryl methyl sites for hydroxylation is 1. The van der Waals surface area contributed by atoms with Crippen molar-refractivity contribution in [2.75, 3.05) is 43.3 Å². The number of pyridine rings is 1. The number of aliphatic hydroxyl groups excluding tert-OH is 1. The van der Waals surface area contributed by atoms with Crippen LogP contribution in [0, 0.1) is 12.7 Å². The summed E-state index contributed by atoms with van der Waals surface area (Å²) in [6.07, 6.45) is 1.70. The Balaban J connectivity index is 1.51. The summed E-state index contributed by atoms with van der Waals surface area (Å²) in [6.45, 7) is 7.82. The number of nitrogens with one attached hydrogen (secondary N) is 3. The maximum Gasteiger partial charge on any atom is 0.186 e. The smallest absolute Gasteiger partial charge is 0.186 e. The lowest BCUT2D eigenvalue weighted by molar-refractivity contribution is 0.225. The van der Waals surface area contributed by atoms with Crippen molar-refractivity contribution in [1.82, 2.24) is 30.0 Å². The van der Waals surface area contributed by atoms with Gasteiger partial charge >= 0.3 is 0 Å². The van der Waals surface area contributed by atoms with E-state index in [0.717, 1.165) is 11.1 Å². The lowest BCUT2D eigenvalue weighted by Gasteiger charge is -2.16. The second-order valence-electron chi connectivity index (χ2n) is 8.79. The number of anilines is 2. The highest BCUT2D eigenvalue weighted by molar-refractivity contribution is 8.00. The predicted octanol–water partition coefficient (Wildman–Crippen LogP) is 4.10. The summed E-state index contributed by atoms with van der Waals surface area (Å²) in [5, 5.41) is 21.1. The van der Waals surface area contributed by atoms with Gasteiger partial charge in [0.2, 0.25) is 0 Å². The first-order valence-electron chi connectivity index (χ1n) is 12.0. The van der Waals surface area contributed by atoms with Gasteiger partial charge in [0.25, 0.3) is 0 Å². The van der Waals surface area contributed by atoms with Gasteiger partial charge in [-0.05, 0) is 52.1 Å². The Hall–Kier alpha value is -3.48. The molecule has 4 aromatic rings. The van der Waals surface area contributed by atoms with Crippen LogP contribution in [0.1, 0.15) is 19.5 Å². The number of nitrogens with zero attached hydrogens (tertiary/aromatic N) is 5. The minimum absolute atomic E-state index is 0.0494. The molecule has 4 N–H and O–H groups in total. The summed E-state index contributed by atoms with van der Waals surface area (Å²) in [7, 11) is 1.94. The van der Waals surface area contributed by atoms with Gasteiger partial charge < -0.3 is 24.8 Å². The Bertz CT molecular complexity index is 1350. The molecule has 196 valence electrons. The number of hydrogen-bond donors (Lipinski definition) is 4. The first kappa shape index (κ1) is 26.6. The largest absolute Gasteiger partial charge is 0.491 e. The summed E-state index contributed by atoms with van der Waals surface area (Å²) in [6, 6.07) is 8.39. The van der Waals surface area contributed by atoms with Crippen LogP contribution < -0.4 is 14.8 Å². The maximum atomic E-state index is 15.0. The normalized spacial score (nSPS) is 11.5. The molecule has 0 aliphatic rings. The van der Waals surface area contributed by atoms with Gasteiger partial charge in [-0.25, -0.2) is 19.3 Å². The van der Waals surface area contributed by atoms with Gasteiger partial charge in [0, 0.05) is 55.1 Å². The van der Waals surface area contributed by atoms with E-state index in [2.05, 4.69) is 35.2 Å². The van der Waals surface area contributed by atoms with E-state index >= 15 is 4.39 Å². The highest BCUT2D eigenvalue weighted by Gasteiger charge is 2.16. The SMILES string of the molecule is Cc1[nH]nc2nc(-c3ccc(NSc4cc(OC(C)C)ccn4)c(F)c3)nc(NCCN(C)CCO)c12. The van der Waals surface area contributed by atoms with Crippen molar-refractivity contribution in [1.29, 1.82) is 0 Å². The number of likely N-dealkylation sites (N-methyl/N-ethyl adjacent to an activating group) is 1. The van der Waals surface area contributed by atoms with Gasteiger partial charge in [-0.15, -0.1) is 0 Å². The zero-order chi connectivity index (χ0) is 26.4. The predicted molar refractivity (Wildman–Crippen MR) is 144 cm³/mol. The molecule has 37 heavy (non-hydrogen) atoms. The van der Waals surface area contributed by atoms with Gasteiger partial charge in [0.15, 0.2) is 11.5 Å². The van der Waals surface area contributed by atoms with Crippen LogP contribution in [0.5, 0.6) is 5.75 Å². The Morgan fingerprint density at radius 3 is 2.78 bits per heavy atom. The fourth-order valence-corrected chi connectivity index (χ4v) is 4.28. The number of fused-ring (bicyclic) bond motifs is 1. The number of ether oxygens (including phenoxy) is 1. The number of benzene rings is 1. The van der Waals surface area contributed by atoms with E-state index in [-0.39, 0.29) is 12.7 Å². The van der Waals surface area contributed by atoms with Crippen LogP contribution in [-0.4, -0.2) is 74.5 Å². The molecule has 0 atom stereocenters. The quantitative estimate of drug-likeness (QED) is 0.201. The molecule has 0 saturated carbocycles. The van der Waals surface area contributed by atoms with Crippen molar-refractivity contribution in [3.8, 4) is 17.1 Å². The van der Waals surface area contributed by atoms with Crippen LogP contribution in [0.2, 0.25) is 0 Å². The molecule has 10 nitrogen and oxygen atoms in total. The number of halogens is 1. The second kappa shape index (κ2) is 12.2. The van der Waals surface area contributed by atoms with E-state index in [1.165, 1.54) is 18.0 Å². The second-order valence-corrected chi connectivity index (χ2v) is 9.62. The monoisotopic (exact) mass is 526 g/mol. The summed E-state index contributed by atoms with van der Waals surface area (Å²) in [5.41, 5.74) is 2.18. The molecule has 1 aromatic carbocycles. The van der Waals surface area contributed by atoms with E-state index in [0.29, 0.717) is 59.0 Å². The van der Waals surface area contributed by atoms with Gasteiger partial charge in [-0.3, -0.25) is 5.10 Å². The molecule has 0 bridgehead atoms. The standard InChI is InChI=1S/C25H31FN8O2S/c1-15(2)36-18-7-8-27-21(14-18)37-33-20-6-5-17(13-19(20)26)23-29-24(28-9-10-34(4)11-12-35)22-16(3)31-32-25(22)30-23/h5-8,13-15,33,35H,9-12H2,1-4H3,(H2,28,29,30,31,32). The van der Waals surface area contributed by atoms with Crippen molar-refractivity contribution in [3.63, 3.8) is 0 Å². The van der Waals surface area contributed by atoms with E-state index in [9.17, 15) is 0 Å². The van der Waals surface area contributed by atoms with Gasteiger partial charge in [0.1, 0.15) is 22.4 Å². The molecule has 0 radical (unpaired) electrons. The third-order valence-corrected chi connectivity index (χ3v) is 6.19. The zero-order valence-corrected chi connectivity index (χ0v) is 22.1. The summed E-state index contributed by atoms with van der Waals surface area (Å²) >= 11 is 1.20.